The number of carbonyl (C=O) groups excluding carboxylic acids is 1. The molecule has 1 N–H and O–H groups in total. The van der Waals surface area contributed by atoms with Crippen molar-refractivity contribution in [2.24, 2.45) is 0 Å². The molecular weight excluding hydrogens is 202 g/mol. The highest BCUT2D eigenvalue weighted by molar-refractivity contribution is 5.70. The highest BCUT2D eigenvalue weighted by Gasteiger charge is 2.12. The van der Waals surface area contributed by atoms with Crippen LogP contribution in [0.5, 0.6) is 0 Å². The predicted molar refractivity (Wildman–Crippen MR) is 65.4 cm³/mol. The Morgan fingerprint density at radius 2 is 2.06 bits per heavy atom. The minimum Gasteiger partial charge on any atom is -0.469 e. The Morgan fingerprint density at radius 1 is 1.38 bits per heavy atom. The quantitative estimate of drug-likeness (QED) is 0.751. The normalized spacial score (nSPS) is 11.9. The standard InChI is InChI=1S/C13H19NO2/c1-3-7-12(10-13(15)16-2)14-11-8-5-4-6-9-11/h4-6,8-9,12,14H,3,7,10H2,1-2H3. The van der Waals surface area contributed by atoms with Crippen LogP contribution in [-0.2, 0) is 9.53 Å². The Hall–Kier alpha value is -1.51. The van der Waals surface area contributed by atoms with E-state index < -0.39 is 0 Å². The van der Waals surface area contributed by atoms with Crippen LogP contribution >= 0.6 is 0 Å². The van der Waals surface area contributed by atoms with Crippen molar-refractivity contribution in [3.63, 3.8) is 0 Å². The fourth-order valence-electron chi connectivity index (χ4n) is 1.63. The van der Waals surface area contributed by atoms with Crippen LogP contribution in [0.15, 0.2) is 30.3 Å². The number of hydrogen-bond acceptors (Lipinski definition) is 3. The molecule has 0 aliphatic heterocycles. The van der Waals surface area contributed by atoms with Gasteiger partial charge >= 0.3 is 5.97 Å². The molecule has 0 saturated heterocycles. The maximum atomic E-state index is 11.2. The van der Waals surface area contributed by atoms with E-state index in [4.69, 9.17) is 0 Å². The SMILES string of the molecule is CCCC(CC(=O)OC)Nc1ccccc1. The molecule has 0 aromatic heterocycles. The molecular formula is C13H19NO2. The molecule has 16 heavy (non-hydrogen) atoms. The fourth-order valence-corrected chi connectivity index (χ4v) is 1.63. The third-order valence-corrected chi connectivity index (χ3v) is 2.42. The third kappa shape index (κ3) is 4.34. The highest BCUT2D eigenvalue weighted by atomic mass is 16.5. The fraction of sp³-hybridized carbons (Fsp3) is 0.462. The second-order valence-corrected chi connectivity index (χ2v) is 3.78. The van der Waals surface area contributed by atoms with E-state index in [1.54, 1.807) is 0 Å². The highest BCUT2D eigenvalue weighted by Crippen LogP contribution is 2.12. The molecule has 0 fully saturated rings. The molecule has 0 amide bonds. The van der Waals surface area contributed by atoms with E-state index in [1.165, 1.54) is 7.11 Å². The monoisotopic (exact) mass is 221 g/mol. The average molecular weight is 221 g/mol. The van der Waals surface area contributed by atoms with Gasteiger partial charge in [-0.25, -0.2) is 0 Å². The summed E-state index contributed by atoms with van der Waals surface area (Å²) < 4.78 is 4.69. The van der Waals surface area contributed by atoms with Crippen molar-refractivity contribution < 1.29 is 9.53 Å². The summed E-state index contributed by atoms with van der Waals surface area (Å²) in [7, 11) is 1.42. The third-order valence-electron chi connectivity index (χ3n) is 2.42. The molecule has 1 atom stereocenters. The number of nitrogens with one attached hydrogen (secondary N) is 1. The van der Waals surface area contributed by atoms with Gasteiger partial charge in [0.05, 0.1) is 13.5 Å². The van der Waals surface area contributed by atoms with Gasteiger partial charge in [0.25, 0.3) is 0 Å². The molecule has 0 heterocycles. The lowest BCUT2D eigenvalue weighted by Crippen LogP contribution is -2.23. The van der Waals surface area contributed by atoms with Gasteiger partial charge in [-0.05, 0) is 18.6 Å². The van der Waals surface area contributed by atoms with E-state index in [2.05, 4.69) is 17.0 Å². The number of carbonyl (C=O) groups is 1. The van der Waals surface area contributed by atoms with Crippen LogP contribution in [0.1, 0.15) is 26.2 Å². The Labute approximate surface area is 96.8 Å². The smallest absolute Gasteiger partial charge is 0.307 e. The molecule has 1 rings (SSSR count). The number of hydrogen-bond donors (Lipinski definition) is 1. The molecule has 1 aromatic carbocycles. The summed E-state index contributed by atoms with van der Waals surface area (Å²) in [6.07, 6.45) is 2.42. The van der Waals surface area contributed by atoms with E-state index >= 15 is 0 Å². The summed E-state index contributed by atoms with van der Waals surface area (Å²) in [5, 5.41) is 3.34. The van der Waals surface area contributed by atoms with Crippen molar-refractivity contribution in [3.05, 3.63) is 30.3 Å². The van der Waals surface area contributed by atoms with Crippen molar-refractivity contribution in [1.29, 1.82) is 0 Å². The molecule has 0 aliphatic rings. The van der Waals surface area contributed by atoms with Crippen molar-refractivity contribution in [2.45, 2.75) is 32.2 Å². The van der Waals surface area contributed by atoms with Crippen molar-refractivity contribution in [2.75, 3.05) is 12.4 Å². The first-order valence-electron chi connectivity index (χ1n) is 5.64. The number of esters is 1. The summed E-state index contributed by atoms with van der Waals surface area (Å²) in [6, 6.07) is 10.1. The molecule has 1 unspecified atom stereocenters. The topological polar surface area (TPSA) is 38.3 Å². The lowest BCUT2D eigenvalue weighted by molar-refractivity contribution is -0.140. The molecule has 0 radical (unpaired) electrons. The largest absolute Gasteiger partial charge is 0.469 e. The van der Waals surface area contributed by atoms with Crippen LogP contribution in [0.25, 0.3) is 0 Å². The summed E-state index contributed by atoms with van der Waals surface area (Å²) in [4.78, 5) is 11.2. The number of ether oxygens (including phenoxy) is 1. The van der Waals surface area contributed by atoms with Crippen molar-refractivity contribution >= 4 is 11.7 Å². The van der Waals surface area contributed by atoms with Crippen LogP contribution in [0.4, 0.5) is 5.69 Å². The van der Waals surface area contributed by atoms with Gasteiger partial charge in [-0.1, -0.05) is 31.5 Å². The van der Waals surface area contributed by atoms with Crippen LogP contribution in [0.3, 0.4) is 0 Å². The summed E-state index contributed by atoms with van der Waals surface area (Å²) >= 11 is 0. The van der Waals surface area contributed by atoms with E-state index in [9.17, 15) is 4.79 Å². The number of rotatable bonds is 6. The summed E-state index contributed by atoms with van der Waals surface area (Å²) in [5.74, 6) is -0.165. The van der Waals surface area contributed by atoms with Gasteiger partial charge in [-0.3, -0.25) is 4.79 Å². The van der Waals surface area contributed by atoms with Gasteiger partial charge in [0.2, 0.25) is 0 Å². The zero-order valence-corrected chi connectivity index (χ0v) is 9.90. The Balaban J connectivity index is 2.54. The number of benzene rings is 1. The Bertz CT molecular complexity index is 311. The summed E-state index contributed by atoms with van der Waals surface area (Å²) in [6.45, 7) is 2.11. The van der Waals surface area contributed by atoms with E-state index in [-0.39, 0.29) is 12.0 Å². The maximum Gasteiger partial charge on any atom is 0.307 e. The molecule has 0 bridgehead atoms. The first-order valence-corrected chi connectivity index (χ1v) is 5.64. The lowest BCUT2D eigenvalue weighted by Gasteiger charge is -2.18. The number of para-hydroxylation sites is 1. The van der Waals surface area contributed by atoms with E-state index in [0.717, 1.165) is 18.5 Å². The number of methoxy groups -OCH3 is 1. The molecule has 0 aliphatic carbocycles. The molecule has 3 nitrogen and oxygen atoms in total. The van der Waals surface area contributed by atoms with Gasteiger partial charge < -0.3 is 10.1 Å². The number of anilines is 1. The van der Waals surface area contributed by atoms with Gasteiger partial charge in [0, 0.05) is 11.7 Å². The second-order valence-electron chi connectivity index (χ2n) is 3.78. The van der Waals surface area contributed by atoms with E-state index in [1.807, 2.05) is 30.3 Å². The van der Waals surface area contributed by atoms with Crippen molar-refractivity contribution in [3.8, 4) is 0 Å². The van der Waals surface area contributed by atoms with Crippen LogP contribution < -0.4 is 5.32 Å². The molecule has 0 saturated carbocycles. The van der Waals surface area contributed by atoms with Crippen LogP contribution in [-0.4, -0.2) is 19.1 Å². The Morgan fingerprint density at radius 3 is 2.62 bits per heavy atom. The first-order chi connectivity index (χ1) is 7.76. The van der Waals surface area contributed by atoms with E-state index in [0.29, 0.717) is 6.42 Å². The molecule has 1 aromatic rings. The van der Waals surface area contributed by atoms with Gasteiger partial charge in [-0.15, -0.1) is 0 Å². The lowest BCUT2D eigenvalue weighted by atomic mass is 10.1. The predicted octanol–water partition coefficient (Wildman–Crippen LogP) is 2.83. The van der Waals surface area contributed by atoms with Gasteiger partial charge in [0.1, 0.15) is 0 Å². The summed E-state index contributed by atoms with van der Waals surface area (Å²) in [5.41, 5.74) is 1.05. The molecule has 88 valence electrons. The Kier molecular flexibility index (Phi) is 5.40. The zero-order chi connectivity index (χ0) is 11.8. The van der Waals surface area contributed by atoms with Crippen molar-refractivity contribution in [1.82, 2.24) is 0 Å². The average Bonchev–Trinajstić information content (AvgIpc) is 2.30. The molecule has 0 spiro atoms. The van der Waals surface area contributed by atoms with Crippen LogP contribution in [0, 0.1) is 0 Å². The minimum atomic E-state index is -0.165. The first kappa shape index (κ1) is 12.6. The minimum absolute atomic E-state index is 0.153. The molecule has 3 heteroatoms. The van der Waals surface area contributed by atoms with Gasteiger partial charge in [-0.2, -0.15) is 0 Å². The van der Waals surface area contributed by atoms with Gasteiger partial charge in [0.15, 0.2) is 0 Å². The zero-order valence-electron chi connectivity index (χ0n) is 9.90. The maximum absolute atomic E-state index is 11.2. The second kappa shape index (κ2) is 6.88. The van der Waals surface area contributed by atoms with Crippen LogP contribution in [0.2, 0.25) is 0 Å².